The highest BCUT2D eigenvalue weighted by Crippen LogP contribution is 2.33. The first kappa shape index (κ1) is 16.5. The Morgan fingerprint density at radius 1 is 1.05 bits per heavy atom. The van der Waals surface area contributed by atoms with Gasteiger partial charge in [0.1, 0.15) is 5.75 Å². The van der Waals surface area contributed by atoms with Gasteiger partial charge in [-0.15, -0.1) is 0 Å². The van der Waals surface area contributed by atoms with Crippen LogP contribution in [0.5, 0.6) is 5.75 Å². The number of ether oxygens (including phenoxy) is 1. The molecule has 0 aliphatic rings. The van der Waals surface area contributed by atoms with Crippen molar-refractivity contribution in [3.05, 3.63) is 62.5 Å². The number of nitrogens with one attached hydrogen (secondary N) is 1. The van der Waals surface area contributed by atoms with Crippen LogP contribution in [0.15, 0.2) is 51.4 Å². The van der Waals surface area contributed by atoms with Crippen molar-refractivity contribution >= 4 is 31.9 Å². The normalized spacial score (nSPS) is 12.2. The van der Waals surface area contributed by atoms with Crippen LogP contribution in [0.25, 0.3) is 0 Å². The van der Waals surface area contributed by atoms with Gasteiger partial charge >= 0.3 is 0 Å². The third-order valence-electron chi connectivity index (χ3n) is 3.21. The molecular formula is C17H19Br2NO. The predicted octanol–water partition coefficient (Wildman–Crippen LogP) is 5.31. The van der Waals surface area contributed by atoms with Gasteiger partial charge in [0, 0.05) is 4.47 Å². The lowest BCUT2D eigenvalue weighted by molar-refractivity contribution is 0.338. The lowest BCUT2D eigenvalue weighted by atomic mass is 9.98. The van der Waals surface area contributed by atoms with Crippen LogP contribution in [0.1, 0.15) is 31.0 Å². The molecule has 2 nitrogen and oxygen atoms in total. The smallest absolute Gasteiger partial charge is 0.133 e. The van der Waals surface area contributed by atoms with Crippen molar-refractivity contribution in [3.8, 4) is 5.75 Å². The molecule has 1 N–H and O–H groups in total. The maximum atomic E-state index is 5.58. The lowest BCUT2D eigenvalue weighted by Gasteiger charge is -2.21. The number of halogens is 2. The summed E-state index contributed by atoms with van der Waals surface area (Å²) in [5, 5.41) is 3.54. The molecule has 0 bridgehead atoms. The van der Waals surface area contributed by atoms with E-state index >= 15 is 0 Å². The SMILES string of the molecule is CCNC(c1ccc(OCC)c(Br)c1)c1ccccc1Br. The second kappa shape index (κ2) is 7.97. The van der Waals surface area contributed by atoms with E-state index in [1.807, 2.05) is 19.1 Å². The Morgan fingerprint density at radius 2 is 1.81 bits per heavy atom. The van der Waals surface area contributed by atoms with E-state index in [2.05, 4.69) is 74.4 Å². The first-order valence-corrected chi connectivity index (χ1v) is 8.66. The zero-order valence-corrected chi connectivity index (χ0v) is 15.4. The van der Waals surface area contributed by atoms with Gasteiger partial charge in [0.15, 0.2) is 0 Å². The molecule has 0 heterocycles. The molecule has 0 saturated heterocycles. The van der Waals surface area contributed by atoms with Crippen molar-refractivity contribution in [1.82, 2.24) is 5.32 Å². The molecule has 0 spiro atoms. The molecule has 21 heavy (non-hydrogen) atoms. The van der Waals surface area contributed by atoms with Crippen LogP contribution >= 0.6 is 31.9 Å². The molecule has 0 saturated carbocycles. The first-order valence-electron chi connectivity index (χ1n) is 7.07. The van der Waals surface area contributed by atoms with E-state index in [9.17, 15) is 0 Å². The van der Waals surface area contributed by atoms with E-state index < -0.39 is 0 Å². The summed E-state index contributed by atoms with van der Waals surface area (Å²) in [5.74, 6) is 0.878. The monoisotopic (exact) mass is 411 g/mol. The van der Waals surface area contributed by atoms with Crippen molar-refractivity contribution < 1.29 is 4.74 Å². The Morgan fingerprint density at radius 3 is 2.43 bits per heavy atom. The minimum atomic E-state index is 0.151. The molecule has 0 aliphatic carbocycles. The van der Waals surface area contributed by atoms with Crippen LogP contribution in [0, 0.1) is 0 Å². The Hall–Kier alpha value is -0.840. The number of hydrogen-bond acceptors (Lipinski definition) is 2. The molecule has 2 aromatic carbocycles. The van der Waals surface area contributed by atoms with Gasteiger partial charge in [-0.1, -0.05) is 47.1 Å². The fraction of sp³-hybridized carbons (Fsp3) is 0.294. The van der Waals surface area contributed by atoms with E-state index in [1.165, 1.54) is 11.1 Å². The molecule has 1 atom stereocenters. The number of rotatable bonds is 6. The second-order valence-corrected chi connectivity index (χ2v) is 6.34. The number of benzene rings is 2. The van der Waals surface area contributed by atoms with Gasteiger partial charge in [0.2, 0.25) is 0 Å². The van der Waals surface area contributed by atoms with Crippen molar-refractivity contribution in [2.45, 2.75) is 19.9 Å². The summed E-state index contributed by atoms with van der Waals surface area (Å²) in [7, 11) is 0. The highest BCUT2D eigenvalue weighted by Gasteiger charge is 2.16. The zero-order chi connectivity index (χ0) is 15.2. The van der Waals surface area contributed by atoms with E-state index in [0.29, 0.717) is 6.61 Å². The Bertz CT molecular complexity index is 601. The van der Waals surface area contributed by atoms with Gasteiger partial charge in [-0.25, -0.2) is 0 Å². The third-order valence-corrected chi connectivity index (χ3v) is 4.56. The van der Waals surface area contributed by atoms with Gasteiger partial charge in [-0.2, -0.15) is 0 Å². The third kappa shape index (κ3) is 4.09. The minimum Gasteiger partial charge on any atom is -0.493 e. The fourth-order valence-electron chi connectivity index (χ4n) is 2.29. The summed E-state index contributed by atoms with van der Waals surface area (Å²) < 4.78 is 7.68. The molecule has 1 unspecified atom stereocenters. The Balaban J connectivity index is 2.39. The van der Waals surface area contributed by atoms with Gasteiger partial charge in [-0.05, 0) is 58.7 Å². The quantitative estimate of drug-likeness (QED) is 0.694. The van der Waals surface area contributed by atoms with Crippen molar-refractivity contribution in [2.75, 3.05) is 13.2 Å². The van der Waals surface area contributed by atoms with E-state index in [1.54, 1.807) is 0 Å². The summed E-state index contributed by atoms with van der Waals surface area (Å²) in [6, 6.07) is 14.7. The average Bonchev–Trinajstić information content (AvgIpc) is 2.48. The van der Waals surface area contributed by atoms with E-state index in [-0.39, 0.29) is 6.04 Å². The van der Waals surface area contributed by atoms with Gasteiger partial charge in [0.05, 0.1) is 17.1 Å². The van der Waals surface area contributed by atoms with Crippen molar-refractivity contribution in [1.29, 1.82) is 0 Å². The Kier molecular flexibility index (Phi) is 6.27. The molecule has 2 rings (SSSR count). The van der Waals surface area contributed by atoms with Gasteiger partial charge in [0.25, 0.3) is 0 Å². The van der Waals surface area contributed by atoms with Crippen LogP contribution in [0.4, 0.5) is 0 Å². The molecular weight excluding hydrogens is 394 g/mol. The summed E-state index contributed by atoms with van der Waals surface area (Å²) in [6.45, 7) is 5.67. The second-order valence-electron chi connectivity index (χ2n) is 4.64. The summed E-state index contributed by atoms with van der Waals surface area (Å²) in [4.78, 5) is 0. The lowest BCUT2D eigenvalue weighted by Crippen LogP contribution is -2.22. The molecule has 0 aromatic heterocycles. The van der Waals surface area contributed by atoms with Crippen LogP contribution in [0.3, 0.4) is 0 Å². The summed E-state index contributed by atoms with van der Waals surface area (Å²) >= 11 is 7.24. The van der Waals surface area contributed by atoms with E-state index in [4.69, 9.17) is 4.74 Å². The topological polar surface area (TPSA) is 21.3 Å². The zero-order valence-electron chi connectivity index (χ0n) is 12.2. The molecule has 4 heteroatoms. The van der Waals surface area contributed by atoms with Crippen LogP contribution in [-0.4, -0.2) is 13.2 Å². The fourth-order valence-corrected chi connectivity index (χ4v) is 3.31. The summed E-state index contributed by atoms with van der Waals surface area (Å²) in [6.07, 6.45) is 0. The van der Waals surface area contributed by atoms with E-state index in [0.717, 1.165) is 21.2 Å². The molecule has 112 valence electrons. The van der Waals surface area contributed by atoms with Crippen molar-refractivity contribution in [2.24, 2.45) is 0 Å². The molecule has 0 aliphatic heterocycles. The molecule has 2 aromatic rings. The van der Waals surface area contributed by atoms with Gasteiger partial charge in [-0.3, -0.25) is 0 Å². The molecule has 0 radical (unpaired) electrons. The highest BCUT2D eigenvalue weighted by atomic mass is 79.9. The van der Waals surface area contributed by atoms with Crippen LogP contribution in [-0.2, 0) is 0 Å². The number of hydrogen-bond donors (Lipinski definition) is 1. The summed E-state index contributed by atoms with van der Waals surface area (Å²) in [5.41, 5.74) is 2.44. The predicted molar refractivity (Wildman–Crippen MR) is 95.0 cm³/mol. The Labute approximate surface area is 143 Å². The van der Waals surface area contributed by atoms with Crippen LogP contribution in [0.2, 0.25) is 0 Å². The largest absolute Gasteiger partial charge is 0.493 e. The van der Waals surface area contributed by atoms with Crippen LogP contribution < -0.4 is 10.1 Å². The highest BCUT2D eigenvalue weighted by molar-refractivity contribution is 9.10. The molecule has 0 fully saturated rings. The average molecular weight is 413 g/mol. The first-order chi connectivity index (χ1) is 10.2. The minimum absolute atomic E-state index is 0.151. The van der Waals surface area contributed by atoms with Crippen molar-refractivity contribution in [3.63, 3.8) is 0 Å². The maximum Gasteiger partial charge on any atom is 0.133 e. The maximum absolute atomic E-state index is 5.58. The van der Waals surface area contributed by atoms with Gasteiger partial charge < -0.3 is 10.1 Å². The standard InChI is InChI=1S/C17H19Br2NO/c1-3-20-17(13-7-5-6-8-14(13)18)12-9-10-16(21-4-2)15(19)11-12/h5-11,17,20H,3-4H2,1-2H3. The molecule has 0 amide bonds.